The van der Waals surface area contributed by atoms with Crippen molar-refractivity contribution in [3.05, 3.63) is 12.2 Å². The van der Waals surface area contributed by atoms with Crippen LogP contribution in [0, 0.1) is 23.2 Å². The van der Waals surface area contributed by atoms with Crippen molar-refractivity contribution >= 4 is 5.91 Å². The maximum absolute atomic E-state index is 12.0. The minimum absolute atomic E-state index is 0.0812. The molecule has 3 unspecified atom stereocenters. The monoisotopic (exact) mass is 261 g/mol. The van der Waals surface area contributed by atoms with Crippen molar-refractivity contribution in [3.63, 3.8) is 0 Å². The number of nitriles is 1. The Bertz CT molecular complexity index is 489. The fourth-order valence-electron chi connectivity index (χ4n) is 2.65. The normalized spacial score (nSPS) is 26.7. The summed E-state index contributed by atoms with van der Waals surface area (Å²) in [6, 6.07) is 2.14. The highest BCUT2D eigenvalue weighted by molar-refractivity contribution is 5.76. The molecule has 3 atom stereocenters. The summed E-state index contributed by atoms with van der Waals surface area (Å²) in [5.74, 6) is 1.22. The summed E-state index contributed by atoms with van der Waals surface area (Å²) in [7, 11) is 0. The Balaban J connectivity index is 1.93. The number of carbonyl (C=O) groups is 1. The Morgan fingerprint density at radius 2 is 2.37 bits per heavy atom. The number of rotatable bonds is 3. The quantitative estimate of drug-likeness (QED) is 0.882. The standard InChI is InChI=1S/C13H19N5O/c1-9-4-3-5-11(10(9)2)16-13(19)7-18-8-15-17-12(18)6-14/h8-11H,3-5,7H2,1-2H3,(H,16,19). The largest absolute Gasteiger partial charge is 0.352 e. The molecule has 102 valence electrons. The highest BCUT2D eigenvalue weighted by atomic mass is 16.2. The van der Waals surface area contributed by atoms with Crippen LogP contribution in [-0.4, -0.2) is 26.7 Å². The fourth-order valence-corrected chi connectivity index (χ4v) is 2.65. The summed E-state index contributed by atoms with van der Waals surface area (Å²) in [6.45, 7) is 4.53. The van der Waals surface area contributed by atoms with E-state index in [1.807, 2.05) is 6.07 Å². The maximum Gasteiger partial charge on any atom is 0.240 e. The van der Waals surface area contributed by atoms with E-state index in [0.717, 1.165) is 12.8 Å². The van der Waals surface area contributed by atoms with Gasteiger partial charge in [0.2, 0.25) is 11.7 Å². The summed E-state index contributed by atoms with van der Waals surface area (Å²) in [5.41, 5.74) is 0. The molecule has 1 amide bonds. The minimum atomic E-state index is -0.0812. The molecule has 0 bridgehead atoms. The molecule has 1 aromatic heterocycles. The lowest BCUT2D eigenvalue weighted by molar-refractivity contribution is -0.123. The molecule has 6 heteroatoms. The molecule has 0 radical (unpaired) electrons. The Morgan fingerprint density at radius 3 is 3.11 bits per heavy atom. The van der Waals surface area contributed by atoms with Crippen molar-refractivity contribution in [1.29, 1.82) is 5.26 Å². The molecule has 1 N–H and O–H groups in total. The Morgan fingerprint density at radius 1 is 1.58 bits per heavy atom. The summed E-state index contributed by atoms with van der Waals surface area (Å²) in [5, 5.41) is 19.1. The molecule has 0 aromatic carbocycles. The number of hydrogen-bond donors (Lipinski definition) is 1. The lowest BCUT2D eigenvalue weighted by atomic mass is 9.78. The van der Waals surface area contributed by atoms with Crippen molar-refractivity contribution in [2.24, 2.45) is 11.8 Å². The first-order chi connectivity index (χ1) is 9.11. The number of aromatic nitrogens is 3. The Hall–Kier alpha value is -1.90. The molecular formula is C13H19N5O. The molecular weight excluding hydrogens is 242 g/mol. The van der Waals surface area contributed by atoms with Crippen molar-refractivity contribution in [2.75, 3.05) is 0 Å². The summed E-state index contributed by atoms with van der Waals surface area (Å²) in [6.07, 6.45) is 4.83. The number of amides is 1. The van der Waals surface area contributed by atoms with Crippen molar-refractivity contribution in [3.8, 4) is 6.07 Å². The topological polar surface area (TPSA) is 83.6 Å². The van der Waals surface area contributed by atoms with Crippen LogP contribution in [-0.2, 0) is 11.3 Å². The minimum Gasteiger partial charge on any atom is -0.352 e. The smallest absolute Gasteiger partial charge is 0.240 e. The molecule has 1 aromatic rings. The first-order valence-electron chi connectivity index (χ1n) is 6.69. The van der Waals surface area contributed by atoms with E-state index >= 15 is 0 Å². The van der Waals surface area contributed by atoms with E-state index in [1.165, 1.54) is 17.3 Å². The van der Waals surface area contributed by atoms with Gasteiger partial charge in [-0.25, -0.2) is 0 Å². The van der Waals surface area contributed by atoms with Crippen molar-refractivity contribution in [1.82, 2.24) is 20.1 Å². The third-order valence-electron chi connectivity index (χ3n) is 4.08. The fraction of sp³-hybridized carbons (Fsp3) is 0.692. The van der Waals surface area contributed by atoms with Crippen LogP contribution in [0.4, 0.5) is 0 Å². The third kappa shape index (κ3) is 3.11. The predicted octanol–water partition coefficient (Wildman–Crippen LogP) is 1.09. The van der Waals surface area contributed by atoms with Gasteiger partial charge in [0.25, 0.3) is 0 Å². The Kier molecular flexibility index (Phi) is 4.15. The van der Waals surface area contributed by atoms with E-state index in [4.69, 9.17) is 5.26 Å². The molecule has 1 heterocycles. The molecule has 0 saturated heterocycles. The summed E-state index contributed by atoms with van der Waals surface area (Å²) in [4.78, 5) is 12.0. The van der Waals surface area contributed by atoms with Gasteiger partial charge < -0.3 is 5.32 Å². The number of nitrogens with zero attached hydrogens (tertiary/aromatic N) is 4. The van der Waals surface area contributed by atoms with Crippen LogP contribution in [0.15, 0.2) is 6.33 Å². The number of carbonyl (C=O) groups excluding carboxylic acids is 1. The molecule has 1 saturated carbocycles. The zero-order chi connectivity index (χ0) is 13.8. The van der Waals surface area contributed by atoms with Gasteiger partial charge in [-0.1, -0.05) is 26.7 Å². The first-order valence-corrected chi connectivity index (χ1v) is 6.69. The molecule has 0 spiro atoms. The molecule has 2 rings (SSSR count). The molecule has 1 aliphatic carbocycles. The van der Waals surface area contributed by atoms with Gasteiger partial charge in [-0.3, -0.25) is 9.36 Å². The lowest BCUT2D eigenvalue weighted by Gasteiger charge is -2.34. The van der Waals surface area contributed by atoms with Crippen LogP contribution < -0.4 is 5.32 Å². The van der Waals surface area contributed by atoms with Crippen LogP contribution >= 0.6 is 0 Å². The maximum atomic E-state index is 12.0. The average molecular weight is 261 g/mol. The third-order valence-corrected chi connectivity index (χ3v) is 4.08. The number of hydrogen-bond acceptors (Lipinski definition) is 4. The number of nitrogens with one attached hydrogen (secondary N) is 1. The molecule has 1 aliphatic rings. The van der Waals surface area contributed by atoms with E-state index in [1.54, 1.807) is 0 Å². The van der Waals surface area contributed by atoms with Gasteiger partial charge in [0.05, 0.1) is 0 Å². The van der Waals surface area contributed by atoms with Gasteiger partial charge in [-0.15, -0.1) is 10.2 Å². The van der Waals surface area contributed by atoms with E-state index < -0.39 is 0 Å². The molecule has 6 nitrogen and oxygen atoms in total. The van der Waals surface area contributed by atoms with Crippen molar-refractivity contribution < 1.29 is 4.79 Å². The van der Waals surface area contributed by atoms with Crippen LogP contribution in [0.1, 0.15) is 38.9 Å². The molecule has 1 fully saturated rings. The van der Waals surface area contributed by atoms with Crippen LogP contribution in [0.3, 0.4) is 0 Å². The molecule has 19 heavy (non-hydrogen) atoms. The van der Waals surface area contributed by atoms with E-state index in [-0.39, 0.29) is 24.3 Å². The zero-order valence-electron chi connectivity index (χ0n) is 11.3. The van der Waals surface area contributed by atoms with Crippen molar-refractivity contribution in [2.45, 2.75) is 45.7 Å². The van der Waals surface area contributed by atoms with Crippen LogP contribution in [0.5, 0.6) is 0 Å². The highest BCUT2D eigenvalue weighted by Gasteiger charge is 2.28. The summed E-state index contributed by atoms with van der Waals surface area (Å²) < 4.78 is 1.46. The Labute approximate surface area is 112 Å². The second-order valence-corrected chi connectivity index (χ2v) is 5.34. The van der Waals surface area contributed by atoms with Gasteiger partial charge in [0, 0.05) is 6.04 Å². The van der Waals surface area contributed by atoms with Crippen LogP contribution in [0.25, 0.3) is 0 Å². The van der Waals surface area contributed by atoms with E-state index in [9.17, 15) is 4.79 Å². The van der Waals surface area contributed by atoms with Gasteiger partial charge in [0.1, 0.15) is 18.9 Å². The predicted molar refractivity (Wildman–Crippen MR) is 68.8 cm³/mol. The van der Waals surface area contributed by atoms with Gasteiger partial charge in [-0.2, -0.15) is 5.26 Å². The second kappa shape index (κ2) is 5.83. The van der Waals surface area contributed by atoms with Gasteiger partial charge in [-0.05, 0) is 18.3 Å². The average Bonchev–Trinajstić information content (AvgIpc) is 2.82. The van der Waals surface area contributed by atoms with E-state index in [2.05, 4.69) is 29.4 Å². The highest BCUT2D eigenvalue weighted by Crippen LogP contribution is 2.29. The lowest BCUT2D eigenvalue weighted by Crippen LogP contribution is -2.44. The van der Waals surface area contributed by atoms with Gasteiger partial charge in [0.15, 0.2) is 0 Å². The van der Waals surface area contributed by atoms with E-state index in [0.29, 0.717) is 11.8 Å². The first kappa shape index (κ1) is 13.5. The van der Waals surface area contributed by atoms with Crippen LogP contribution in [0.2, 0.25) is 0 Å². The second-order valence-electron chi connectivity index (χ2n) is 5.34. The SMILES string of the molecule is CC1CCCC(NC(=O)Cn2cnnc2C#N)C1C. The zero-order valence-corrected chi connectivity index (χ0v) is 11.3. The molecule has 0 aliphatic heterocycles. The van der Waals surface area contributed by atoms with Gasteiger partial charge >= 0.3 is 0 Å². The summed E-state index contributed by atoms with van der Waals surface area (Å²) >= 11 is 0.